The molecule has 4 rings (SSSR count). The van der Waals surface area contributed by atoms with Crippen LogP contribution in [0, 0.1) is 0 Å². The summed E-state index contributed by atoms with van der Waals surface area (Å²) in [4.78, 5) is 20.1. The van der Waals surface area contributed by atoms with Crippen molar-refractivity contribution in [3.05, 3.63) is 70.4 Å². The Kier molecular flexibility index (Phi) is 6.75. The molecule has 0 fully saturated rings. The first-order chi connectivity index (χ1) is 15.9. The third-order valence-corrected chi connectivity index (χ3v) is 6.34. The number of alkyl halides is 3. The van der Waals surface area contributed by atoms with Gasteiger partial charge >= 0.3 is 12.1 Å². The number of pyridine rings is 1. The maximum atomic E-state index is 13.3. The van der Waals surface area contributed by atoms with E-state index >= 15 is 0 Å². The first-order valence-electron chi connectivity index (χ1n) is 9.64. The molecule has 0 saturated heterocycles. The highest BCUT2D eigenvalue weighted by molar-refractivity contribution is 7.98. The summed E-state index contributed by atoms with van der Waals surface area (Å²) in [6, 6.07) is 8.38. The number of carbonyl (C=O) groups is 1. The van der Waals surface area contributed by atoms with E-state index < -0.39 is 17.7 Å². The zero-order valence-corrected chi connectivity index (χ0v) is 18.7. The monoisotopic (exact) mass is 491 g/mol. The van der Waals surface area contributed by atoms with Gasteiger partial charge in [0.1, 0.15) is 5.01 Å². The van der Waals surface area contributed by atoms with E-state index in [1.54, 1.807) is 47.5 Å². The van der Waals surface area contributed by atoms with Gasteiger partial charge in [0, 0.05) is 23.3 Å². The summed E-state index contributed by atoms with van der Waals surface area (Å²) in [5, 5.41) is 11.1. The second kappa shape index (κ2) is 9.71. The summed E-state index contributed by atoms with van der Waals surface area (Å²) in [6.07, 6.45) is -1.35. The fourth-order valence-corrected chi connectivity index (χ4v) is 4.64. The number of ether oxygens (including phenoxy) is 1. The van der Waals surface area contributed by atoms with Gasteiger partial charge in [0.2, 0.25) is 0 Å². The molecular weight excluding hydrogens is 475 g/mol. The third kappa shape index (κ3) is 5.22. The fraction of sp³-hybridized carbons (Fsp3) is 0.190. The van der Waals surface area contributed by atoms with E-state index in [0.29, 0.717) is 27.3 Å². The van der Waals surface area contributed by atoms with Gasteiger partial charge in [-0.1, -0.05) is 17.8 Å². The molecule has 3 heterocycles. The van der Waals surface area contributed by atoms with Crippen LogP contribution in [0.3, 0.4) is 0 Å². The van der Waals surface area contributed by atoms with Crippen LogP contribution in [0.15, 0.2) is 59.3 Å². The molecule has 0 spiro atoms. The van der Waals surface area contributed by atoms with Crippen LogP contribution in [-0.2, 0) is 16.7 Å². The Morgan fingerprint density at radius 1 is 1.18 bits per heavy atom. The topological polar surface area (TPSA) is 82.8 Å². The van der Waals surface area contributed by atoms with E-state index in [1.807, 2.05) is 0 Å². The Morgan fingerprint density at radius 2 is 1.97 bits per heavy atom. The van der Waals surface area contributed by atoms with Crippen molar-refractivity contribution in [2.75, 3.05) is 6.61 Å². The van der Waals surface area contributed by atoms with E-state index in [2.05, 4.69) is 20.2 Å². The minimum absolute atomic E-state index is 0.217. The van der Waals surface area contributed by atoms with Gasteiger partial charge < -0.3 is 4.74 Å². The SMILES string of the molecule is CCOC(=O)c1csc(CSc2nnc(-c3ccncc3)n2-c2cccc(C(F)(F)F)c2)n1. The number of hydrogen-bond donors (Lipinski definition) is 0. The van der Waals surface area contributed by atoms with Crippen LogP contribution >= 0.6 is 23.1 Å². The first kappa shape index (κ1) is 22.9. The molecule has 170 valence electrons. The summed E-state index contributed by atoms with van der Waals surface area (Å²) in [5.41, 5.74) is 0.370. The molecule has 7 nitrogen and oxygen atoms in total. The smallest absolute Gasteiger partial charge is 0.416 e. The van der Waals surface area contributed by atoms with Crippen molar-refractivity contribution in [2.45, 2.75) is 24.0 Å². The van der Waals surface area contributed by atoms with Gasteiger partial charge in [-0.2, -0.15) is 13.2 Å². The van der Waals surface area contributed by atoms with E-state index in [-0.39, 0.29) is 18.0 Å². The Balaban J connectivity index is 1.68. The van der Waals surface area contributed by atoms with Gasteiger partial charge in [0.15, 0.2) is 16.7 Å². The Morgan fingerprint density at radius 3 is 2.70 bits per heavy atom. The van der Waals surface area contributed by atoms with Crippen LogP contribution in [0.25, 0.3) is 17.1 Å². The van der Waals surface area contributed by atoms with Crippen molar-refractivity contribution in [3.63, 3.8) is 0 Å². The number of rotatable bonds is 7. The molecule has 0 aliphatic heterocycles. The molecule has 0 saturated carbocycles. The summed E-state index contributed by atoms with van der Waals surface area (Å²) < 4.78 is 46.5. The van der Waals surface area contributed by atoms with Gasteiger partial charge in [-0.25, -0.2) is 9.78 Å². The lowest BCUT2D eigenvalue weighted by Crippen LogP contribution is -2.07. The molecule has 1 aromatic carbocycles. The van der Waals surface area contributed by atoms with Crippen molar-refractivity contribution < 1.29 is 22.7 Å². The molecule has 0 aliphatic rings. The van der Waals surface area contributed by atoms with Crippen molar-refractivity contribution in [2.24, 2.45) is 0 Å². The lowest BCUT2D eigenvalue weighted by Gasteiger charge is -2.13. The van der Waals surface area contributed by atoms with E-state index in [9.17, 15) is 18.0 Å². The summed E-state index contributed by atoms with van der Waals surface area (Å²) in [7, 11) is 0. The molecular formula is C21H16F3N5O2S2. The number of carbonyl (C=O) groups excluding carboxylic acids is 1. The number of thioether (sulfide) groups is 1. The lowest BCUT2D eigenvalue weighted by molar-refractivity contribution is -0.137. The molecule has 0 N–H and O–H groups in total. The second-order valence-electron chi connectivity index (χ2n) is 6.56. The van der Waals surface area contributed by atoms with Gasteiger partial charge in [0.25, 0.3) is 0 Å². The normalized spacial score (nSPS) is 11.5. The van der Waals surface area contributed by atoms with Gasteiger partial charge in [0.05, 0.1) is 23.6 Å². The highest BCUT2D eigenvalue weighted by Gasteiger charge is 2.31. The minimum atomic E-state index is -4.49. The molecule has 0 radical (unpaired) electrons. The number of nitrogens with zero attached hydrogens (tertiary/aromatic N) is 5. The number of aromatic nitrogens is 5. The number of halogens is 3. The van der Waals surface area contributed by atoms with Crippen LogP contribution in [0.2, 0.25) is 0 Å². The van der Waals surface area contributed by atoms with Crippen molar-refractivity contribution in [1.29, 1.82) is 0 Å². The molecule has 0 unspecified atom stereocenters. The van der Waals surface area contributed by atoms with Crippen LogP contribution in [0.4, 0.5) is 13.2 Å². The Bertz CT molecular complexity index is 1260. The predicted molar refractivity (Wildman–Crippen MR) is 117 cm³/mol. The molecule has 0 aliphatic carbocycles. The van der Waals surface area contributed by atoms with Crippen LogP contribution < -0.4 is 0 Å². The predicted octanol–water partition coefficient (Wildman–Crippen LogP) is 5.27. The number of hydrogen-bond acceptors (Lipinski definition) is 8. The number of thiazole rings is 1. The quantitative estimate of drug-likeness (QED) is 0.257. The Hall–Kier alpha value is -3.25. The second-order valence-corrected chi connectivity index (χ2v) is 8.45. The van der Waals surface area contributed by atoms with Gasteiger partial charge in [-0.3, -0.25) is 9.55 Å². The third-order valence-electron chi connectivity index (χ3n) is 4.36. The molecule has 0 atom stereocenters. The molecule has 3 aromatic heterocycles. The number of esters is 1. The largest absolute Gasteiger partial charge is 0.461 e. The highest BCUT2D eigenvalue weighted by atomic mass is 32.2. The van der Waals surface area contributed by atoms with E-state index in [1.165, 1.54) is 29.2 Å². The minimum Gasteiger partial charge on any atom is -0.461 e. The molecule has 0 bridgehead atoms. The van der Waals surface area contributed by atoms with Crippen LogP contribution in [-0.4, -0.2) is 37.3 Å². The van der Waals surface area contributed by atoms with E-state index in [0.717, 1.165) is 12.1 Å². The van der Waals surface area contributed by atoms with Crippen molar-refractivity contribution in [1.82, 2.24) is 24.7 Å². The first-order valence-corrected chi connectivity index (χ1v) is 11.5. The fourth-order valence-electron chi connectivity index (χ4n) is 2.91. The summed E-state index contributed by atoms with van der Waals surface area (Å²) >= 11 is 2.54. The average molecular weight is 492 g/mol. The van der Waals surface area contributed by atoms with Gasteiger partial charge in [-0.05, 0) is 37.3 Å². The maximum Gasteiger partial charge on any atom is 0.416 e. The maximum absolute atomic E-state index is 13.3. The summed E-state index contributed by atoms with van der Waals surface area (Å²) in [5.74, 6) is 0.222. The van der Waals surface area contributed by atoms with Crippen LogP contribution in [0.1, 0.15) is 28.0 Å². The zero-order chi connectivity index (χ0) is 23.4. The molecule has 0 amide bonds. The number of benzene rings is 1. The Labute approximate surface area is 194 Å². The molecule has 33 heavy (non-hydrogen) atoms. The highest BCUT2D eigenvalue weighted by Crippen LogP contribution is 2.34. The van der Waals surface area contributed by atoms with Crippen molar-refractivity contribution >= 4 is 29.1 Å². The van der Waals surface area contributed by atoms with E-state index in [4.69, 9.17) is 4.74 Å². The standard InChI is InChI=1S/C21H16F3N5O2S2/c1-2-31-19(30)16-11-32-17(26-16)12-33-20-28-27-18(13-6-8-25-9-7-13)29(20)15-5-3-4-14(10-15)21(22,23)24/h3-11H,2,12H2,1H3. The zero-order valence-electron chi connectivity index (χ0n) is 17.1. The van der Waals surface area contributed by atoms with Crippen LogP contribution in [0.5, 0.6) is 0 Å². The molecule has 4 aromatic rings. The lowest BCUT2D eigenvalue weighted by atomic mass is 10.2. The summed E-state index contributed by atoms with van der Waals surface area (Å²) in [6.45, 7) is 1.96. The molecule has 12 heteroatoms. The average Bonchev–Trinajstić information content (AvgIpc) is 3.45. The van der Waals surface area contributed by atoms with Gasteiger partial charge in [-0.15, -0.1) is 21.5 Å². The van der Waals surface area contributed by atoms with Crippen molar-refractivity contribution in [3.8, 4) is 17.1 Å².